The smallest absolute Gasteiger partial charge is 0.264 e. The molecule has 0 radical (unpaired) electrons. The molecular formula is C25H26N2O4S. The standard InChI is InChI=1S/C25H26N2O4S/c1-17-13-14-21(18(2)15-17)19(3)26-25(28)24-16-27(22-11-7-8-12-23(22)31-24)32(29,30)20-9-5-4-6-10-20/h4-15,19,24H,16H2,1-3H3,(H,26,28)/t19-,24-/m1/s1. The van der Waals surface area contributed by atoms with Crippen molar-refractivity contribution in [2.24, 2.45) is 0 Å². The fourth-order valence-corrected chi connectivity index (χ4v) is 5.48. The summed E-state index contributed by atoms with van der Waals surface area (Å²) < 4.78 is 33.9. The molecule has 6 nitrogen and oxygen atoms in total. The van der Waals surface area contributed by atoms with Gasteiger partial charge in [-0.2, -0.15) is 0 Å². The van der Waals surface area contributed by atoms with Crippen LogP contribution in [0, 0.1) is 13.8 Å². The Balaban J connectivity index is 1.61. The summed E-state index contributed by atoms with van der Waals surface area (Å²) in [6.07, 6.45) is -0.975. The van der Waals surface area contributed by atoms with E-state index >= 15 is 0 Å². The zero-order valence-electron chi connectivity index (χ0n) is 18.3. The van der Waals surface area contributed by atoms with Gasteiger partial charge in [0.25, 0.3) is 15.9 Å². The second-order valence-corrected chi connectivity index (χ2v) is 9.88. The van der Waals surface area contributed by atoms with Crippen molar-refractivity contribution in [3.8, 4) is 5.75 Å². The predicted molar refractivity (Wildman–Crippen MR) is 124 cm³/mol. The first-order chi connectivity index (χ1) is 15.3. The highest BCUT2D eigenvalue weighted by Crippen LogP contribution is 2.37. The van der Waals surface area contributed by atoms with Crippen molar-refractivity contribution in [3.05, 3.63) is 89.5 Å². The zero-order chi connectivity index (χ0) is 22.9. The number of amides is 1. The molecule has 166 valence electrons. The number of nitrogens with zero attached hydrogens (tertiary/aromatic N) is 1. The molecule has 0 aliphatic carbocycles. The molecule has 2 atom stereocenters. The lowest BCUT2D eigenvalue weighted by Gasteiger charge is -2.35. The maximum absolute atomic E-state index is 13.4. The second kappa shape index (κ2) is 8.67. The number of hydrogen-bond donors (Lipinski definition) is 1. The van der Waals surface area contributed by atoms with Crippen molar-refractivity contribution < 1.29 is 17.9 Å². The van der Waals surface area contributed by atoms with Crippen LogP contribution in [0.1, 0.15) is 29.7 Å². The summed E-state index contributed by atoms with van der Waals surface area (Å²) in [5.74, 6) is -0.00202. The molecule has 0 aromatic heterocycles. The lowest BCUT2D eigenvalue weighted by molar-refractivity contribution is -0.128. The largest absolute Gasteiger partial charge is 0.476 e. The van der Waals surface area contributed by atoms with Gasteiger partial charge in [0, 0.05) is 0 Å². The molecule has 1 N–H and O–H groups in total. The lowest BCUT2D eigenvalue weighted by Crippen LogP contribution is -2.51. The van der Waals surface area contributed by atoms with Crippen LogP contribution in [0.15, 0.2) is 77.7 Å². The topological polar surface area (TPSA) is 75.7 Å². The molecule has 1 aliphatic rings. The lowest BCUT2D eigenvalue weighted by atomic mass is 10.00. The van der Waals surface area contributed by atoms with Gasteiger partial charge in [0.2, 0.25) is 0 Å². The maximum atomic E-state index is 13.4. The average Bonchev–Trinajstić information content (AvgIpc) is 2.78. The molecule has 1 aliphatic heterocycles. The number of nitrogens with one attached hydrogen (secondary N) is 1. The van der Waals surface area contributed by atoms with Crippen molar-refractivity contribution in [3.63, 3.8) is 0 Å². The van der Waals surface area contributed by atoms with Gasteiger partial charge in [0.1, 0.15) is 5.75 Å². The van der Waals surface area contributed by atoms with Gasteiger partial charge in [-0.15, -0.1) is 0 Å². The van der Waals surface area contributed by atoms with Gasteiger partial charge >= 0.3 is 0 Å². The molecule has 0 fully saturated rings. The van der Waals surface area contributed by atoms with E-state index in [4.69, 9.17) is 4.74 Å². The van der Waals surface area contributed by atoms with E-state index in [-0.39, 0.29) is 23.4 Å². The molecule has 0 unspecified atom stereocenters. The maximum Gasteiger partial charge on any atom is 0.264 e. The average molecular weight is 451 g/mol. The normalized spacial score (nSPS) is 16.6. The molecule has 3 aromatic carbocycles. The molecule has 7 heteroatoms. The molecule has 0 bridgehead atoms. The van der Waals surface area contributed by atoms with Gasteiger partial charge in [0.15, 0.2) is 6.10 Å². The Hall–Kier alpha value is -3.32. The predicted octanol–water partition coefficient (Wildman–Crippen LogP) is 4.14. The Kier molecular flexibility index (Phi) is 5.93. The number of fused-ring (bicyclic) bond motifs is 1. The van der Waals surface area contributed by atoms with Gasteiger partial charge in [-0.3, -0.25) is 9.10 Å². The van der Waals surface area contributed by atoms with Crippen LogP contribution in [0.3, 0.4) is 0 Å². The third-order valence-corrected chi connectivity index (χ3v) is 7.40. The molecule has 32 heavy (non-hydrogen) atoms. The van der Waals surface area contributed by atoms with Crippen LogP contribution in [0.5, 0.6) is 5.75 Å². The van der Waals surface area contributed by atoms with E-state index in [0.717, 1.165) is 16.7 Å². The van der Waals surface area contributed by atoms with E-state index in [1.807, 2.05) is 32.9 Å². The number of rotatable bonds is 5. The highest BCUT2D eigenvalue weighted by molar-refractivity contribution is 7.92. The number of anilines is 1. The summed E-state index contributed by atoms with van der Waals surface area (Å²) in [7, 11) is -3.86. The van der Waals surface area contributed by atoms with Crippen LogP contribution in [0.2, 0.25) is 0 Å². The highest BCUT2D eigenvalue weighted by Gasteiger charge is 2.37. The number of hydrogen-bond acceptors (Lipinski definition) is 4. The van der Waals surface area contributed by atoms with E-state index in [1.54, 1.807) is 54.6 Å². The van der Waals surface area contributed by atoms with Crippen molar-refractivity contribution in [2.45, 2.75) is 37.8 Å². The number of carbonyl (C=O) groups is 1. The van der Waals surface area contributed by atoms with E-state index in [1.165, 1.54) is 4.31 Å². The van der Waals surface area contributed by atoms with Gasteiger partial charge in [-0.05, 0) is 56.2 Å². The van der Waals surface area contributed by atoms with Crippen LogP contribution in [0.25, 0.3) is 0 Å². The first-order valence-electron chi connectivity index (χ1n) is 10.5. The first kappa shape index (κ1) is 21.9. The fraction of sp³-hybridized carbons (Fsp3) is 0.240. The quantitative estimate of drug-likeness (QED) is 0.634. The highest BCUT2D eigenvalue weighted by atomic mass is 32.2. The van der Waals surface area contributed by atoms with Crippen molar-refractivity contribution in [1.29, 1.82) is 0 Å². The van der Waals surface area contributed by atoms with E-state index < -0.39 is 16.1 Å². The Morgan fingerprint density at radius 3 is 2.44 bits per heavy atom. The SMILES string of the molecule is Cc1ccc([C@@H](C)NC(=O)[C@H]2CN(S(=O)(=O)c3ccccc3)c3ccccc3O2)c(C)c1. The van der Waals surface area contributed by atoms with Crippen LogP contribution < -0.4 is 14.4 Å². The molecule has 0 saturated heterocycles. The van der Waals surface area contributed by atoms with Gasteiger partial charge in [0.05, 0.1) is 23.2 Å². The van der Waals surface area contributed by atoms with Crippen LogP contribution >= 0.6 is 0 Å². The summed E-state index contributed by atoms with van der Waals surface area (Å²) >= 11 is 0. The number of ether oxygens (including phenoxy) is 1. The van der Waals surface area contributed by atoms with Gasteiger partial charge in [-0.1, -0.05) is 54.1 Å². The van der Waals surface area contributed by atoms with E-state index in [0.29, 0.717) is 11.4 Å². The third-order valence-electron chi connectivity index (χ3n) is 5.61. The Bertz CT molecular complexity index is 1240. The van der Waals surface area contributed by atoms with Crippen molar-refractivity contribution in [2.75, 3.05) is 10.8 Å². The summed E-state index contributed by atoms with van der Waals surface area (Å²) in [5.41, 5.74) is 3.66. The van der Waals surface area contributed by atoms with Gasteiger partial charge in [-0.25, -0.2) is 8.42 Å². The first-order valence-corrected chi connectivity index (χ1v) is 11.9. The monoisotopic (exact) mass is 450 g/mol. The van der Waals surface area contributed by atoms with Crippen LogP contribution in [-0.2, 0) is 14.8 Å². The zero-order valence-corrected chi connectivity index (χ0v) is 19.1. The minimum atomic E-state index is -3.86. The minimum Gasteiger partial charge on any atom is -0.476 e. The molecule has 0 saturated carbocycles. The van der Waals surface area contributed by atoms with Crippen LogP contribution in [-0.4, -0.2) is 27.0 Å². The van der Waals surface area contributed by atoms with Crippen molar-refractivity contribution >= 4 is 21.6 Å². The van der Waals surface area contributed by atoms with E-state index in [2.05, 4.69) is 11.4 Å². The number of sulfonamides is 1. The Morgan fingerprint density at radius 1 is 1.03 bits per heavy atom. The molecular weight excluding hydrogens is 424 g/mol. The minimum absolute atomic E-state index is 0.111. The molecule has 1 amide bonds. The summed E-state index contributed by atoms with van der Waals surface area (Å²) in [4.78, 5) is 13.3. The second-order valence-electron chi connectivity index (χ2n) is 8.01. The number of para-hydroxylation sites is 2. The van der Waals surface area contributed by atoms with Crippen LogP contribution in [0.4, 0.5) is 5.69 Å². The van der Waals surface area contributed by atoms with Gasteiger partial charge < -0.3 is 10.1 Å². The Morgan fingerprint density at radius 2 is 1.72 bits per heavy atom. The number of aryl methyl sites for hydroxylation is 2. The molecule has 4 rings (SSSR count). The summed E-state index contributed by atoms with van der Waals surface area (Å²) in [5, 5.41) is 2.98. The number of benzene rings is 3. The molecule has 0 spiro atoms. The summed E-state index contributed by atoms with van der Waals surface area (Å²) in [6.45, 7) is 5.83. The molecule has 1 heterocycles. The van der Waals surface area contributed by atoms with Crippen molar-refractivity contribution in [1.82, 2.24) is 5.32 Å². The third kappa shape index (κ3) is 4.21. The van der Waals surface area contributed by atoms with E-state index in [9.17, 15) is 13.2 Å². The summed E-state index contributed by atoms with van der Waals surface area (Å²) in [6, 6.07) is 20.9. The fourth-order valence-electron chi connectivity index (χ4n) is 3.98. The molecule has 3 aromatic rings. The Labute approximate surface area is 188 Å². The number of carbonyl (C=O) groups excluding carboxylic acids is 1.